The summed E-state index contributed by atoms with van der Waals surface area (Å²) in [7, 11) is 0. The zero-order chi connectivity index (χ0) is 23.2. The molecule has 170 valence electrons. The minimum Gasteiger partial charge on any atom is -0.397 e. The van der Waals surface area contributed by atoms with E-state index in [1.165, 1.54) is 45.1 Å². The molecular weight excluding hydrogens is 460 g/mol. The van der Waals surface area contributed by atoms with Crippen LogP contribution in [0.4, 0.5) is 10.7 Å². The van der Waals surface area contributed by atoms with Crippen LogP contribution in [0.2, 0.25) is 0 Å². The first kappa shape index (κ1) is 21.3. The van der Waals surface area contributed by atoms with Crippen molar-refractivity contribution in [2.24, 2.45) is 0 Å². The monoisotopic (exact) mass is 484 g/mol. The highest BCUT2D eigenvalue weighted by molar-refractivity contribution is 7.21. The Morgan fingerprint density at radius 3 is 2.79 bits per heavy atom. The first-order valence-electron chi connectivity index (χ1n) is 11.7. The van der Waals surface area contributed by atoms with E-state index < -0.39 is 0 Å². The highest BCUT2D eigenvalue weighted by atomic mass is 32.1. The van der Waals surface area contributed by atoms with Crippen molar-refractivity contribution in [2.75, 3.05) is 11.1 Å². The van der Waals surface area contributed by atoms with Gasteiger partial charge in [-0.2, -0.15) is 5.26 Å². The van der Waals surface area contributed by atoms with E-state index in [-0.39, 0.29) is 5.91 Å². The number of nitrogens with one attached hydrogen (secondary N) is 1. The van der Waals surface area contributed by atoms with Crippen LogP contribution < -0.4 is 11.1 Å². The van der Waals surface area contributed by atoms with Crippen molar-refractivity contribution in [1.29, 1.82) is 5.26 Å². The average Bonchev–Trinajstić information content (AvgIpc) is 3.38. The Morgan fingerprint density at radius 2 is 1.97 bits per heavy atom. The lowest BCUT2D eigenvalue weighted by atomic mass is 9.83. The van der Waals surface area contributed by atoms with Gasteiger partial charge in [-0.05, 0) is 73.6 Å². The van der Waals surface area contributed by atoms with Crippen LogP contribution in [0.3, 0.4) is 0 Å². The lowest BCUT2D eigenvalue weighted by Crippen LogP contribution is -2.12. The van der Waals surface area contributed by atoms with Crippen molar-refractivity contribution in [1.82, 2.24) is 4.98 Å². The van der Waals surface area contributed by atoms with E-state index in [2.05, 4.69) is 41.7 Å². The van der Waals surface area contributed by atoms with Crippen LogP contribution in [0.15, 0.2) is 36.4 Å². The van der Waals surface area contributed by atoms with Gasteiger partial charge >= 0.3 is 0 Å². The second-order valence-corrected chi connectivity index (χ2v) is 11.2. The molecule has 6 rings (SSSR count). The molecule has 3 aromatic heterocycles. The fourth-order valence-corrected chi connectivity index (χ4v) is 7.55. The molecule has 34 heavy (non-hydrogen) atoms. The summed E-state index contributed by atoms with van der Waals surface area (Å²) in [6.07, 6.45) is 7.09. The maximum absolute atomic E-state index is 13.3. The predicted molar refractivity (Wildman–Crippen MR) is 139 cm³/mol. The molecular formula is C27H24N4OS2. The largest absolute Gasteiger partial charge is 0.397 e. The number of pyridine rings is 1. The van der Waals surface area contributed by atoms with E-state index in [1.807, 2.05) is 6.07 Å². The van der Waals surface area contributed by atoms with Gasteiger partial charge in [0.15, 0.2) is 0 Å². The summed E-state index contributed by atoms with van der Waals surface area (Å²) in [5, 5.41) is 14.4. The summed E-state index contributed by atoms with van der Waals surface area (Å²) in [4.78, 5) is 20.6. The Bertz CT molecular complexity index is 1460. The quantitative estimate of drug-likeness (QED) is 0.361. The van der Waals surface area contributed by atoms with Crippen molar-refractivity contribution in [3.8, 4) is 6.07 Å². The molecule has 4 aromatic rings. The number of hydrogen-bond donors (Lipinski definition) is 2. The SMILES string of the molecule is N#Cc1c(NC(=O)c2sc3nc4c(cc3c2N)CCCC4)sc2c1CCC(c1ccccc1)C2. The van der Waals surface area contributed by atoms with Gasteiger partial charge in [0.2, 0.25) is 0 Å². The van der Waals surface area contributed by atoms with E-state index in [4.69, 9.17) is 10.7 Å². The Balaban J connectivity index is 1.30. The molecule has 1 unspecified atom stereocenters. The second-order valence-electron chi connectivity index (χ2n) is 9.12. The number of carbonyl (C=O) groups is 1. The van der Waals surface area contributed by atoms with E-state index in [1.54, 1.807) is 0 Å². The molecule has 0 spiro atoms. The maximum atomic E-state index is 13.3. The summed E-state index contributed by atoms with van der Waals surface area (Å²) in [6.45, 7) is 0. The Morgan fingerprint density at radius 1 is 1.15 bits per heavy atom. The smallest absolute Gasteiger partial charge is 0.268 e. The first-order chi connectivity index (χ1) is 16.6. The zero-order valence-corrected chi connectivity index (χ0v) is 20.3. The van der Waals surface area contributed by atoms with Crippen molar-refractivity contribution in [2.45, 2.75) is 50.9 Å². The number of aromatic nitrogens is 1. The zero-order valence-electron chi connectivity index (χ0n) is 18.7. The van der Waals surface area contributed by atoms with Gasteiger partial charge in [0.05, 0.1) is 11.3 Å². The second kappa shape index (κ2) is 8.53. The molecule has 1 aromatic carbocycles. The van der Waals surface area contributed by atoms with E-state index >= 15 is 0 Å². The van der Waals surface area contributed by atoms with Gasteiger partial charge in [-0.3, -0.25) is 4.79 Å². The maximum Gasteiger partial charge on any atom is 0.268 e. The molecule has 7 heteroatoms. The number of nitriles is 1. The topological polar surface area (TPSA) is 91.8 Å². The molecule has 3 N–H and O–H groups in total. The van der Waals surface area contributed by atoms with Crippen LogP contribution in [0.25, 0.3) is 10.2 Å². The van der Waals surface area contributed by atoms with Crippen LogP contribution >= 0.6 is 22.7 Å². The molecule has 0 aliphatic heterocycles. The molecule has 1 amide bonds. The fourth-order valence-electron chi connectivity index (χ4n) is 5.29. The van der Waals surface area contributed by atoms with E-state index in [0.717, 1.165) is 60.0 Å². The molecule has 0 radical (unpaired) electrons. The van der Waals surface area contributed by atoms with Crippen LogP contribution in [0, 0.1) is 11.3 Å². The number of thiophene rings is 2. The highest BCUT2D eigenvalue weighted by Crippen LogP contribution is 2.43. The standard InChI is InChI=1S/C27H24N4OS2/c28-14-20-18-11-10-16(15-6-2-1-3-7-15)13-22(18)33-27(20)31-25(32)24-23(29)19-12-17-8-4-5-9-21(17)30-26(19)34-24/h1-3,6-7,12,16H,4-5,8-11,13,29H2,(H,31,32). The van der Waals surface area contributed by atoms with Gasteiger partial charge in [-0.25, -0.2) is 4.98 Å². The van der Waals surface area contributed by atoms with Crippen LogP contribution in [-0.2, 0) is 25.7 Å². The number of nitrogen functional groups attached to an aromatic ring is 1. The summed E-state index contributed by atoms with van der Waals surface area (Å²) >= 11 is 2.88. The number of carbonyl (C=O) groups excluding carboxylic acids is 1. The Kier molecular flexibility index (Phi) is 5.35. The fraction of sp³-hybridized carbons (Fsp3) is 0.296. The third kappa shape index (κ3) is 3.58. The van der Waals surface area contributed by atoms with Crippen molar-refractivity contribution in [3.63, 3.8) is 0 Å². The third-order valence-corrected chi connectivity index (χ3v) is 9.36. The number of anilines is 2. The molecule has 2 aliphatic rings. The van der Waals surface area contributed by atoms with Crippen molar-refractivity contribution < 1.29 is 4.79 Å². The van der Waals surface area contributed by atoms with Crippen molar-refractivity contribution >= 4 is 49.5 Å². The van der Waals surface area contributed by atoms with Crippen LogP contribution in [0.5, 0.6) is 0 Å². The van der Waals surface area contributed by atoms with E-state index in [9.17, 15) is 10.1 Å². The van der Waals surface area contributed by atoms with Crippen molar-refractivity contribution in [3.05, 3.63) is 74.1 Å². The molecule has 0 saturated carbocycles. The molecule has 0 bridgehead atoms. The van der Waals surface area contributed by atoms with Gasteiger partial charge in [0.1, 0.15) is 20.8 Å². The first-order valence-corrected chi connectivity index (χ1v) is 13.4. The molecule has 0 fully saturated rings. The third-order valence-electron chi connectivity index (χ3n) is 7.08. The number of benzene rings is 1. The number of rotatable bonds is 3. The number of amides is 1. The van der Waals surface area contributed by atoms with Crippen LogP contribution in [0.1, 0.15) is 67.7 Å². The van der Waals surface area contributed by atoms with Gasteiger partial charge in [0, 0.05) is 16.0 Å². The number of fused-ring (bicyclic) bond motifs is 3. The minimum atomic E-state index is -0.256. The molecule has 1 atom stereocenters. The molecule has 0 saturated heterocycles. The lowest BCUT2D eigenvalue weighted by Gasteiger charge is -2.22. The molecule has 3 heterocycles. The van der Waals surface area contributed by atoms with Crippen LogP contribution in [-0.4, -0.2) is 10.9 Å². The lowest BCUT2D eigenvalue weighted by molar-refractivity contribution is 0.103. The summed E-state index contributed by atoms with van der Waals surface area (Å²) in [5.74, 6) is 0.186. The highest BCUT2D eigenvalue weighted by Gasteiger charge is 2.28. The van der Waals surface area contributed by atoms with Gasteiger partial charge in [-0.1, -0.05) is 30.3 Å². The average molecular weight is 485 g/mol. The predicted octanol–water partition coefficient (Wildman–Crippen LogP) is 6.22. The normalized spacial score (nSPS) is 17.1. The summed E-state index contributed by atoms with van der Waals surface area (Å²) in [6, 6.07) is 15.0. The molecule has 2 aliphatic carbocycles. The van der Waals surface area contributed by atoms with E-state index in [0.29, 0.717) is 27.0 Å². The summed E-state index contributed by atoms with van der Waals surface area (Å²) in [5.41, 5.74) is 12.3. The minimum absolute atomic E-state index is 0.256. The number of nitrogens with zero attached hydrogens (tertiary/aromatic N) is 2. The molecule has 5 nitrogen and oxygen atoms in total. The van der Waals surface area contributed by atoms with Gasteiger partial charge in [-0.15, -0.1) is 22.7 Å². The Labute approximate surface area is 206 Å². The van der Waals surface area contributed by atoms with Gasteiger partial charge < -0.3 is 11.1 Å². The summed E-state index contributed by atoms with van der Waals surface area (Å²) < 4.78 is 0. The number of aryl methyl sites for hydroxylation is 2. The van der Waals surface area contributed by atoms with Gasteiger partial charge in [0.25, 0.3) is 5.91 Å². The Hall–Kier alpha value is -3.21. The number of nitrogens with two attached hydrogens (primary N) is 1. The number of hydrogen-bond acceptors (Lipinski definition) is 6.